The summed E-state index contributed by atoms with van der Waals surface area (Å²) in [5.74, 6) is 0. The van der Waals surface area contributed by atoms with Gasteiger partial charge in [0.25, 0.3) is 0 Å². The molecule has 0 aromatic heterocycles. The summed E-state index contributed by atoms with van der Waals surface area (Å²) >= 11 is 2.27. The maximum atomic E-state index is 9.79. The molecule has 1 aromatic carbocycles. The lowest BCUT2D eigenvalue weighted by Crippen LogP contribution is -2.18. The molecule has 0 aliphatic heterocycles. The lowest BCUT2D eigenvalue weighted by molar-refractivity contribution is 0.0565. The van der Waals surface area contributed by atoms with E-state index in [1.54, 1.807) is 7.11 Å². The smallest absolute Gasteiger partial charge is 0.0605 e. The molecule has 0 saturated heterocycles. The summed E-state index contributed by atoms with van der Waals surface area (Å²) in [7, 11) is 1.67. The van der Waals surface area contributed by atoms with Gasteiger partial charge in [0, 0.05) is 10.7 Å². The number of hydrogen-bond acceptors (Lipinski definition) is 2. The Bertz CT molecular complexity index is 284. The predicted octanol–water partition coefficient (Wildman–Crippen LogP) is 2.62. The molecule has 1 rings (SSSR count). The highest BCUT2D eigenvalue weighted by Gasteiger charge is 2.10. The molecule has 15 heavy (non-hydrogen) atoms. The summed E-state index contributed by atoms with van der Waals surface area (Å²) in [5.41, 5.74) is 1.17. The van der Waals surface area contributed by atoms with Crippen LogP contribution in [0.5, 0.6) is 0 Å². The summed E-state index contributed by atoms with van der Waals surface area (Å²) in [6.45, 7) is 1.97. The Morgan fingerprint density at radius 2 is 1.93 bits per heavy atom. The molecule has 0 fully saturated rings. The van der Waals surface area contributed by atoms with Gasteiger partial charge in [0.05, 0.1) is 12.2 Å². The van der Waals surface area contributed by atoms with E-state index in [0.29, 0.717) is 12.8 Å². The van der Waals surface area contributed by atoms with Crippen LogP contribution in [-0.4, -0.2) is 24.4 Å². The van der Waals surface area contributed by atoms with E-state index in [9.17, 15) is 5.11 Å². The van der Waals surface area contributed by atoms with Crippen molar-refractivity contribution in [1.29, 1.82) is 0 Å². The van der Waals surface area contributed by atoms with Crippen molar-refractivity contribution in [1.82, 2.24) is 0 Å². The number of hydrogen-bond donors (Lipinski definition) is 1. The zero-order valence-electron chi connectivity index (χ0n) is 9.11. The molecule has 2 nitrogen and oxygen atoms in total. The molecule has 0 aliphatic carbocycles. The fourth-order valence-corrected chi connectivity index (χ4v) is 1.81. The monoisotopic (exact) mass is 320 g/mol. The van der Waals surface area contributed by atoms with Crippen LogP contribution >= 0.6 is 22.6 Å². The third kappa shape index (κ3) is 4.95. The molecule has 0 aliphatic rings. The van der Waals surface area contributed by atoms with Crippen LogP contribution in [0, 0.1) is 3.57 Å². The van der Waals surface area contributed by atoms with Gasteiger partial charge in [-0.25, -0.2) is 0 Å². The first-order valence-corrected chi connectivity index (χ1v) is 6.15. The van der Waals surface area contributed by atoms with Gasteiger partial charge >= 0.3 is 0 Å². The summed E-state index contributed by atoms with van der Waals surface area (Å²) < 4.78 is 6.34. The van der Waals surface area contributed by atoms with Crippen molar-refractivity contribution in [2.24, 2.45) is 0 Å². The molecular weight excluding hydrogens is 303 g/mol. The molecule has 0 bridgehead atoms. The fraction of sp³-hybridized carbons (Fsp3) is 0.500. The molecule has 3 heteroatoms. The number of halogens is 1. The molecule has 0 radical (unpaired) electrons. The van der Waals surface area contributed by atoms with Crippen molar-refractivity contribution in [3.05, 3.63) is 33.4 Å². The highest BCUT2D eigenvalue weighted by molar-refractivity contribution is 14.1. The second-order valence-corrected chi connectivity index (χ2v) is 5.01. The molecule has 0 saturated carbocycles. The first kappa shape index (κ1) is 12.9. The van der Waals surface area contributed by atoms with E-state index in [1.807, 2.05) is 6.92 Å². The second kappa shape index (κ2) is 6.45. The standard InChI is InChI=1S/C12H17IO2/c1-9(15-2)7-12(14)8-10-3-5-11(13)6-4-10/h3-6,9,12,14H,7-8H2,1-2H3. The van der Waals surface area contributed by atoms with E-state index >= 15 is 0 Å². The molecule has 0 amide bonds. The van der Waals surface area contributed by atoms with Crippen molar-refractivity contribution in [3.8, 4) is 0 Å². The zero-order valence-corrected chi connectivity index (χ0v) is 11.3. The Balaban J connectivity index is 2.44. The molecule has 1 N–H and O–H groups in total. The van der Waals surface area contributed by atoms with E-state index in [2.05, 4.69) is 46.9 Å². The zero-order chi connectivity index (χ0) is 11.3. The van der Waals surface area contributed by atoms with Gasteiger partial charge in [0.2, 0.25) is 0 Å². The molecule has 0 spiro atoms. The minimum Gasteiger partial charge on any atom is -0.393 e. The van der Waals surface area contributed by atoms with Crippen molar-refractivity contribution in [3.63, 3.8) is 0 Å². The average Bonchev–Trinajstić information content (AvgIpc) is 2.21. The Morgan fingerprint density at radius 1 is 1.33 bits per heavy atom. The van der Waals surface area contributed by atoms with Crippen molar-refractivity contribution in [2.75, 3.05) is 7.11 Å². The Labute approximate surface area is 105 Å². The molecule has 2 atom stereocenters. The number of aliphatic hydroxyl groups excluding tert-OH is 1. The molecule has 2 unspecified atom stereocenters. The van der Waals surface area contributed by atoms with Crippen LogP contribution in [0.15, 0.2) is 24.3 Å². The van der Waals surface area contributed by atoms with Crippen LogP contribution in [0.25, 0.3) is 0 Å². The molecular formula is C12H17IO2. The molecule has 1 aromatic rings. The normalized spacial score (nSPS) is 14.9. The third-order valence-corrected chi connectivity index (χ3v) is 3.11. The van der Waals surface area contributed by atoms with Gasteiger partial charge in [-0.05, 0) is 60.1 Å². The minimum atomic E-state index is -0.319. The lowest BCUT2D eigenvalue weighted by Gasteiger charge is -2.15. The third-order valence-electron chi connectivity index (χ3n) is 2.39. The van der Waals surface area contributed by atoms with Gasteiger partial charge < -0.3 is 9.84 Å². The minimum absolute atomic E-state index is 0.115. The average molecular weight is 320 g/mol. The molecule has 0 heterocycles. The van der Waals surface area contributed by atoms with Crippen LogP contribution in [-0.2, 0) is 11.2 Å². The van der Waals surface area contributed by atoms with Crippen LogP contribution in [0.3, 0.4) is 0 Å². The first-order valence-electron chi connectivity index (χ1n) is 5.07. The number of benzene rings is 1. The summed E-state index contributed by atoms with van der Waals surface area (Å²) in [6, 6.07) is 8.23. The first-order chi connectivity index (χ1) is 7.11. The predicted molar refractivity (Wildman–Crippen MR) is 70.0 cm³/mol. The maximum Gasteiger partial charge on any atom is 0.0605 e. The van der Waals surface area contributed by atoms with Crippen molar-refractivity contribution < 1.29 is 9.84 Å². The largest absolute Gasteiger partial charge is 0.393 e. The van der Waals surface area contributed by atoms with E-state index in [4.69, 9.17) is 4.74 Å². The summed E-state index contributed by atoms with van der Waals surface area (Å²) in [6.07, 6.45) is 1.18. The Hall–Kier alpha value is -0.130. The topological polar surface area (TPSA) is 29.5 Å². The highest BCUT2D eigenvalue weighted by atomic mass is 127. The van der Waals surface area contributed by atoms with Gasteiger partial charge in [-0.1, -0.05) is 12.1 Å². The van der Waals surface area contributed by atoms with E-state index in [1.165, 1.54) is 9.13 Å². The number of ether oxygens (including phenoxy) is 1. The quantitative estimate of drug-likeness (QED) is 0.845. The SMILES string of the molecule is COC(C)CC(O)Cc1ccc(I)cc1. The second-order valence-electron chi connectivity index (χ2n) is 3.77. The van der Waals surface area contributed by atoms with E-state index in [-0.39, 0.29) is 12.2 Å². The van der Waals surface area contributed by atoms with Gasteiger partial charge in [-0.3, -0.25) is 0 Å². The van der Waals surface area contributed by atoms with Crippen LogP contribution in [0.4, 0.5) is 0 Å². The van der Waals surface area contributed by atoms with Crippen molar-refractivity contribution in [2.45, 2.75) is 32.0 Å². The van der Waals surface area contributed by atoms with Crippen LogP contribution in [0.2, 0.25) is 0 Å². The van der Waals surface area contributed by atoms with Gasteiger partial charge in [-0.2, -0.15) is 0 Å². The fourth-order valence-electron chi connectivity index (χ4n) is 1.46. The summed E-state index contributed by atoms with van der Waals surface area (Å²) in [5, 5.41) is 9.79. The van der Waals surface area contributed by atoms with Crippen LogP contribution in [0.1, 0.15) is 18.9 Å². The number of rotatable bonds is 5. The van der Waals surface area contributed by atoms with Gasteiger partial charge in [0.1, 0.15) is 0 Å². The van der Waals surface area contributed by atoms with E-state index in [0.717, 1.165) is 0 Å². The number of aliphatic hydroxyl groups is 1. The van der Waals surface area contributed by atoms with E-state index < -0.39 is 0 Å². The van der Waals surface area contributed by atoms with Gasteiger partial charge in [0.15, 0.2) is 0 Å². The number of methoxy groups -OCH3 is 1. The maximum absolute atomic E-state index is 9.79. The molecule has 84 valence electrons. The van der Waals surface area contributed by atoms with Crippen molar-refractivity contribution >= 4 is 22.6 Å². The van der Waals surface area contributed by atoms with Gasteiger partial charge in [-0.15, -0.1) is 0 Å². The summed E-state index contributed by atoms with van der Waals surface area (Å²) in [4.78, 5) is 0. The lowest BCUT2D eigenvalue weighted by atomic mass is 10.0. The Morgan fingerprint density at radius 3 is 2.47 bits per heavy atom. The Kier molecular flexibility index (Phi) is 5.56. The highest BCUT2D eigenvalue weighted by Crippen LogP contribution is 2.11. The van der Waals surface area contributed by atoms with Crippen LogP contribution < -0.4 is 0 Å².